The van der Waals surface area contributed by atoms with Crippen LogP contribution in [-0.2, 0) is 29.6 Å². The number of halogens is 1. The molecule has 0 aliphatic carbocycles. The topological polar surface area (TPSA) is 100 Å². The number of carbonyl (C=O) groups excluding carboxylic acids is 1. The minimum absolute atomic E-state index is 0.101. The number of para-hydroxylation sites is 2. The number of benzene rings is 3. The number of amides is 1. The Labute approximate surface area is 248 Å². The molecule has 42 heavy (non-hydrogen) atoms. The van der Waals surface area contributed by atoms with Crippen LogP contribution in [0.2, 0.25) is 0 Å². The summed E-state index contributed by atoms with van der Waals surface area (Å²) in [6.07, 6.45) is 1.95. The molecule has 2 heterocycles. The van der Waals surface area contributed by atoms with Crippen LogP contribution < -0.4 is 14.8 Å². The van der Waals surface area contributed by atoms with Gasteiger partial charge in [-0.05, 0) is 61.7 Å². The van der Waals surface area contributed by atoms with Crippen molar-refractivity contribution in [3.8, 4) is 11.5 Å². The fourth-order valence-electron chi connectivity index (χ4n) is 6.22. The largest absolute Gasteiger partial charge is 0.457 e. The zero-order valence-corrected chi connectivity index (χ0v) is 24.9. The molecule has 224 valence electrons. The van der Waals surface area contributed by atoms with Gasteiger partial charge in [-0.1, -0.05) is 41.1 Å². The number of likely N-dealkylation sites (N-methyl/N-ethyl adjacent to an activating group) is 1. The van der Waals surface area contributed by atoms with Gasteiger partial charge in [0.05, 0.1) is 12.0 Å². The molecule has 0 radical (unpaired) electrons. The summed E-state index contributed by atoms with van der Waals surface area (Å²) in [6.45, 7) is 4.65. The molecule has 0 spiro atoms. The van der Waals surface area contributed by atoms with Crippen LogP contribution in [0, 0.1) is 11.7 Å². The van der Waals surface area contributed by atoms with Crippen molar-refractivity contribution in [1.29, 1.82) is 0 Å². The molecular formula is C32H39FN3O5S+. The van der Waals surface area contributed by atoms with Gasteiger partial charge in [-0.3, -0.25) is 4.79 Å². The normalized spacial score (nSPS) is 21.0. The average Bonchev–Trinajstić information content (AvgIpc) is 2.97. The van der Waals surface area contributed by atoms with Crippen LogP contribution in [0.3, 0.4) is 0 Å². The second kappa shape index (κ2) is 13.0. The van der Waals surface area contributed by atoms with Gasteiger partial charge in [-0.2, -0.15) is 4.55 Å². The Morgan fingerprint density at radius 3 is 2.36 bits per heavy atom. The van der Waals surface area contributed by atoms with E-state index in [1.165, 1.54) is 12.1 Å². The maximum atomic E-state index is 13.8. The SMILES string of the molecule is CCOCCCC1(CNC(=O)[C@H]2C[C@@H](N[S+](=O)(O)c3ccc(F)cc3)CN(C)C2)c2ccccc2Oc2ccccc21. The molecule has 1 unspecified atom stereocenters. The third-order valence-corrected chi connectivity index (χ3v) is 9.71. The standard InChI is InChI=1S/C32H38FN3O5S/c1-3-40-18-8-17-32(27-9-4-6-11-29(27)41-30-12-7-5-10-28(30)32)22-34-31(37)23-19-25(21-36(2)20-23)35-42(38,39)26-15-13-24(33)14-16-26/h4-7,9-16,23,25H,3,8,17-22H2,1-2H3,(H2-,34,35,37,38,39)/p+1/t23-,25+/m0/s1. The predicted octanol–water partition coefficient (Wildman–Crippen LogP) is 5.01. The smallest absolute Gasteiger partial charge is 0.323 e. The molecule has 1 fully saturated rings. The Hall–Kier alpha value is -3.15. The van der Waals surface area contributed by atoms with Gasteiger partial charge in [0.25, 0.3) is 0 Å². The number of piperidine rings is 1. The Kier molecular flexibility index (Phi) is 9.39. The first-order valence-electron chi connectivity index (χ1n) is 14.4. The molecule has 5 rings (SSSR count). The molecule has 3 aromatic rings. The molecule has 2 aliphatic rings. The number of fused-ring (bicyclic) bond motifs is 2. The average molecular weight is 597 g/mol. The highest BCUT2D eigenvalue weighted by molar-refractivity contribution is 7.95. The number of carbonyl (C=O) groups is 1. The van der Waals surface area contributed by atoms with Crippen LogP contribution in [0.5, 0.6) is 11.5 Å². The van der Waals surface area contributed by atoms with Crippen molar-refractivity contribution in [3.05, 3.63) is 89.7 Å². The van der Waals surface area contributed by atoms with Gasteiger partial charge in [0.2, 0.25) is 10.8 Å². The van der Waals surface area contributed by atoms with E-state index in [9.17, 15) is 17.9 Å². The van der Waals surface area contributed by atoms with Gasteiger partial charge < -0.3 is 19.7 Å². The summed E-state index contributed by atoms with van der Waals surface area (Å²) in [5.41, 5.74) is 1.54. The predicted molar refractivity (Wildman–Crippen MR) is 160 cm³/mol. The summed E-state index contributed by atoms with van der Waals surface area (Å²) in [6, 6.07) is 20.5. The number of rotatable bonds is 11. The van der Waals surface area contributed by atoms with Gasteiger partial charge in [0.15, 0.2) is 0 Å². The van der Waals surface area contributed by atoms with Crippen molar-refractivity contribution in [2.75, 3.05) is 39.9 Å². The number of nitrogens with zero attached hydrogens (tertiary/aromatic N) is 1. The zero-order chi connectivity index (χ0) is 29.7. The molecular weight excluding hydrogens is 557 g/mol. The van der Waals surface area contributed by atoms with E-state index in [-0.39, 0.29) is 10.8 Å². The number of hydrogen-bond acceptors (Lipinski definition) is 5. The molecule has 2 aliphatic heterocycles. The molecule has 0 aromatic heterocycles. The van der Waals surface area contributed by atoms with Crippen molar-refractivity contribution in [3.63, 3.8) is 0 Å². The molecule has 1 amide bonds. The molecule has 0 saturated carbocycles. The third kappa shape index (κ3) is 6.58. The summed E-state index contributed by atoms with van der Waals surface area (Å²) in [7, 11) is -1.73. The second-order valence-corrected chi connectivity index (χ2v) is 12.9. The second-order valence-electron chi connectivity index (χ2n) is 11.1. The van der Waals surface area contributed by atoms with E-state index in [0.29, 0.717) is 39.3 Å². The highest BCUT2D eigenvalue weighted by Gasteiger charge is 2.43. The van der Waals surface area contributed by atoms with Gasteiger partial charge >= 0.3 is 10.4 Å². The fourth-order valence-corrected chi connectivity index (χ4v) is 7.49. The maximum Gasteiger partial charge on any atom is 0.323 e. The molecule has 10 heteroatoms. The minimum atomic E-state index is -3.62. The lowest BCUT2D eigenvalue weighted by atomic mass is 9.69. The van der Waals surface area contributed by atoms with Crippen LogP contribution in [0.4, 0.5) is 4.39 Å². The summed E-state index contributed by atoms with van der Waals surface area (Å²) in [5.74, 6) is 0.582. The monoisotopic (exact) mass is 596 g/mol. The van der Waals surface area contributed by atoms with Crippen LogP contribution in [0.15, 0.2) is 77.7 Å². The fraction of sp³-hybridized carbons (Fsp3) is 0.406. The van der Waals surface area contributed by atoms with Crippen LogP contribution >= 0.6 is 0 Å². The summed E-state index contributed by atoms with van der Waals surface area (Å²) < 4.78 is 51.9. The molecule has 0 bridgehead atoms. The van der Waals surface area contributed by atoms with Crippen molar-refractivity contribution in [2.24, 2.45) is 5.92 Å². The molecule has 3 aromatic carbocycles. The van der Waals surface area contributed by atoms with Crippen LogP contribution in [0.1, 0.15) is 37.3 Å². The quantitative estimate of drug-likeness (QED) is 0.213. The van der Waals surface area contributed by atoms with E-state index in [1.807, 2.05) is 55.3 Å². The first kappa shape index (κ1) is 30.3. The van der Waals surface area contributed by atoms with Gasteiger partial charge in [0, 0.05) is 61.5 Å². The first-order valence-corrected chi connectivity index (χ1v) is 15.9. The van der Waals surface area contributed by atoms with Crippen molar-refractivity contribution < 1.29 is 27.4 Å². The maximum absolute atomic E-state index is 13.8. The summed E-state index contributed by atoms with van der Waals surface area (Å²) >= 11 is 0. The van der Waals surface area contributed by atoms with Crippen molar-refractivity contribution in [2.45, 2.75) is 42.5 Å². The van der Waals surface area contributed by atoms with E-state index in [2.05, 4.69) is 22.2 Å². The lowest BCUT2D eigenvalue weighted by molar-refractivity contribution is -0.127. The van der Waals surface area contributed by atoms with Gasteiger partial charge in [-0.25, -0.2) is 4.39 Å². The lowest BCUT2D eigenvalue weighted by Gasteiger charge is -2.41. The number of likely N-dealkylation sites (tertiary alicyclic amines) is 1. The van der Waals surface area contributed by atoms with Crippen molar-refractivity contribution >= 4 is 16.3 Å². The first-order chi connectivity index (χ1) is 20.2. The third-order valence-electron chi connectivity index (χ3n) is 8.15. The Morgan fingerprint density at radius 2 is 1.71 bits per heavy atom. The zero-order valence-electron chi connectivity index (χ0n) is 24.1. The Balaban J connectivity index is 1.35. The van der Waals surface area contributed by atoms with Crippen LogP contribution in [0.25, 0.3) is 0 Å². The molecule has 3 atom stereocenters. The Morgan fingerprint density at radius 1 is 1.07 bits per heavy atom. The van der Waals surface area contributed by atoms with E-state index in [0.717, 1.165) is 47.6 Å². The number of ether oxygens (including phenoxy) is 2. The summed E-state index contributed by atoms with van der Waals surface area (Å²) in [5, 5.41) is 3.26. The molecule has 1 saturated heterocycles. The highest BCUT2D eigenvalue weighted by atomic mass is 32.3. The number of hydrogen-bond donors (Lipinski definition) is 3. The van der Waals surface area contributed by atoms with E-state index >= 15 is 0 Å². The van der Waals surface area contributed by atoms with Crippen LogP contribution in [-0.4, -0.2) is 61.3 Å². The highest BCUT2D eigenvalue weighted by Crippen LogP contribution is 2.50. The molecule has 8 nitrogen and oxygen atoms in total. The number of nitrogens with one attached hydrogen (secondary N) is 2. The lowest BCUT2D eigenvalue weighted by Crippen LogP contribution is -2.54. The van der Waals surface area contributed by atoms with Gasteiger partial charge in [-0.15, -0.1) is 0 Å². The Bertz CT molecular complexity index is 1390. The van der Waals surface area contributed by atoms with Gasteiger partial charge in [0.1, 0.15) is 17.3 Å². The minimum Gasteiger partial charge on any atom is -0.457 e. The molecule has 3 N–H and O–H groups in total. The van der Waals surface area contributed by atoms with E-state index in [4.69, 9.17) is 9.47 Å². The van der Waals surface area contributed by atoms with E-state index < -0.39 is 33.6 Å². The van der Waals surface area contributed by atoms with Crippen molar-refractivity contribution in [1.82, 2.24) is 14.9 Å². The van der Waals surface area contributed by atoms with E-state index in [1.54, 1.807) is 0 Å². The summed E-state index contributed by atoms with van der Waals surface area (Å²) in [4.78, 5) is 15.8.